The van der Waals surface area contributed by atoms with Crippen molar-refractivity contribution in [3.8, 4) is 0 Å². The van der Waals surface area contributed by atoms with Gasteiger partial charge in [-0.2, -0.15) is 0 Å². The number of pyridine rings is 1. The smallest absolute Gasteiger partial charge is 0.229 e. The van der Waals surface area contributed by atoms with Crippen LogP contribution in [-0.4, -0.2) is 16.7 Å². The van der Waals surface area contributed by atoms with E-state index in [1.807, 2.05) is 20.8 Å². The first kappa shape index (κ1) is 16.2. The number of anilines is 1. The van der Waals surface area contributed by atoms with Crippen LogP contribution in [0.3, 0.4) is 0 Å². The number of nitrogens with one attached hydrogen (secondary N) is 1. The largest absolute Gasteiger partial charge is 0.325 e. The van der Waals surface area contributed by atoms with Crippen molar-refractivity contribution < 1.29 is 9.59 Å². The Labute approximate surface area is 134 Å². The third-order valence-electron chi connectivity index (χ3n) is 3.10. The summed E-state index contributed by atoms with van der Waals surface area (Å²) in [6.07, 6.45) is 3.09. The van der Waals surface area contributed by atoms with Crippen molar-refractivity contribution in [1.29, 1.82) is 0 Å². The number of nitrogens with zero attached hydrogens (tertiary/aromatic N) is 1. The van der Waals surface area contributed by atoms with E-state index in [-0.39, 0.29) is 11.7 Å². The summed E-state index contributed by atoms with van der Waals surface area (Å²) in [5.41, 5.74) is 0.738. The second kappa shape index (κ2) is 6.28. The highest BCUT2D eigenvalue weighted by Gasteiger charge is 2.23. The number of halogens is 1. The Hall–Kier alpha value is -2.20. The summed E-state index contributed by atoms with van der Waals surface area (Å²) in [5, 5.41) is 3.23. The van der Waals surface area contributed by atoms with Crippen molar-refractivity contribution in [3.05, 3.63) is 58.9 Å². The summed E-state index contributed by atoms with van der Waals surface area (Å²) in [5.74, 6) is -0.382. The molecule has 0 unspecified atom stereocenters. The van der Waals surface area contributed by atoms with Crippen molar-refractivity contribution in [2.24, 2.45) is 5.41 Å². The zero-order valence-corrected chi connectivity index (χ0v) is 13.4. The van der Waals surface area contributed by atoms with Crippen molar-refractivity contribution in [2.75, 3.05) is 5.32 Å². The highest BCUT2D eigenvalue weighted by Crippen LogP contribution is 2.25. The predicted octanol–water partition coefficient (Wildman–Crippen LogP) is 3.95. The minimum atomic E-state index is -0.559. The highest BCUT2D eigenvalue weighted by molar-refractivity contribution is 6.31. The number of hydrogen-bond acceptors (Lipinski definition) is 3. The fourth-order valence-electron chi connectivity index (χ4n) is 1.78. The molecule has 0 atom stereocenters. The molecule has 1 aromatic heterocycles. The summed E-state index contributed by atoms with van der Waals surface area (Å²) in [7, 11) is 0. The van der Waals surface area contributed by atoms with Gasteiger partial charge in [0.05, 0.1) is 5.69 Å². The second-order valence-electron chi connectivity index (χ2n) is 5.96. The van der Waals surface area contributed by atoms with Gasteiger partial charge in [-0.1, -0.05) is 32.4 Å². The number of ketones is 1. The minimum Gasteiger partial charge on any atom is -0.325 e. The standard InChI is InChI=1S/C17H17ClN2O2/c1-17(2,3)16(22)20-14-5-4-12(18)10-13(14)15(21)11-6-8-19-9-7-11/h4-10H,1-3H3,(H,20,22). The number of rotatable bonds is 3. The summed E-state index contributed by atoms with van der Waals surface area (Å²) in [6, 6.07) is 8.09. The lowest BCUT2D eigenvalue weighted by Gasteiger charge is -2.19. The van der Waals surface area contributed by atoms with E-state index in [1.165, 1.54) is 0 Å². The molecule has 1 heterocycles. The molecule has 0 aliphatic rings. The van der Waals surface area contributed by atoms with Gasteiger partial charge in [-0.05, 0) is 30.3 Å². The Morgan fingerprint density at radius 2 is 1.73 bits per heavy atom. The maximum atomic E-state index is 12.6. The van der Waals surface area contributed by atoms with Gasteiger partial charge in [0.1, 0.15) is 0 Å². The molecule has 0 fully saturated rings. The highest BCUT2D eigenvalue weighted by atomic mass is 35.5. The number of carbonyl (C=O) groups is 2. The van der Waals surface area contributed by atoms with Gasteiger partial charge in [-0.25, -0.2) is 0 Å². The Bertz CT molecular complexity index is 706. The Morgan fingerprint density at radius 3 is 2.32 bits per heavy atom. The van der Waals surface area contributed by atoms with E-state index < -0.39 is 5.41 Å². The summed E-state index contributed by atoms with van der Waals surface area (Å²) in [4.78, 5) is 28.7. The summed E-state index contributed by atoms with van der Waals surface area (Å²) >= 11 is 6.00. The number of aromatic nitrogens is 1. The van der Waals surface area contributed by atoms with Crippen LogP contribution in [-0.2, 0) is 4.79 Å². The van der Waals surface area contributed by atoms with Crippen LogP contribution in [0.1, 0.15) is 36.7 Å². The van der Waals surface area contributed by atoms with Crippen LogP contribution in [0.25, 0.3) is 0 Å². The van der Waals surface area contributed by atoms with Crippen LogP contribution in [0.15, 0.2) is 42.7 Å². The number of amides is 1. The maximum Gasteiger partial charge on any atom is 0.229 e. The monoisotopic (exact) mass is 316 g/mol. The maximum absolute atomic E-state index is 12.6. The van der Waals surface area contributed by atoms with E-state index in [9.17, 15) is 9.59 Å². The molecule has 0 spiro atoms. The lowest BCUT2D eigenvalue weighted by atomic mass is 9.95. The fraction of sp³-hybridized carbons (Fsp3) is 0.235. The molecule has 0 saturated carbocycles. The third kappa shape index (κ3) is 3.71. The first-order chi connectivity index (χ1) is 10.3. The van der Waals surface area contributed by atoms with Gasteiger partial charge in [-0.3, -0.25) is 14.6 Å². The lowest BCUT2D eigenvalue weighted by molar-refractivity contribution is -0.123. The van der Waals surface area contributed by atoms with Gasteiger partial charge in [0.15, 0.2) is 5.78 Å². The van der Waals surface area contributed by atoms with Crippen LogP contribution in [0.5, 0.6) is 0 Å². The lowest BCUT2D eigenvalue weighted by Crippen LogP contribution is -2.28. The van der Waals surface area contributed by atoms with Crippen molar-refractivity contribution in [1.82, 2.24) is 4.98 Å². The van der Waals surface area contributed by atoms with Gasteiger partial charge in [-0.15, -0.1) is 0 Å². The normalized spacial score (nSPS) is 11.1. The van der Waals surface area contributed by atoms with Gasteiger partial charge >= 0.3 is 0 Å². The molecule has 2 aromatic rings. The molecular formula is C17H17ClN2O2. The second-order valence-corrected chi connectivity index (χ2v) is 6.40. The molecule has 1 aromatic carbocycles. The van der Waals surface area contributed by atoms with Crippen LogP contribution in [0.2, 0.25) is 5.02 Å². The van der Waals surface area contributed by atoms with Crippen LogP contribution < -0.4 is 5.32 Å². The van der Waals surface area contributed by atoms with Gasteiger partial charge < -0.3 is 5.32 Å². The Kier molecular flexibility index (Phi) is 4.62. The average molecular weight is 317 g/mol. The molecule has 4 nitrogen and oxygen atoms in total. The molecule has 0 radical (unpaired) electrons. The van der Waals surface area contributed by atoms with E-state index in [0.29, 0.717) is 21.8 Å². The SMILES string of the molecule is CC(C)(C)C(=O)Nc1ccc(Cl)cc1C(=O)c1ccncc1. The first-order valence-electron chi connectivity index (χ1n) is 6.85. The summed E-state index contributed by atoms with van der Waals surface area (Å²) < 4.78 is 0. The molecule has 1 amide bonds. The van der Waals surface area contributed by atoms with Crippen LogP contribution in [0.4, 0.5) is 5.69 Å². The van der Waals surface area contributed by atoms with Crippen LogP contribution >= 0.6 is 11.6 Å². The van der Waals surface area contributed by atoms with Crippen molar-refractivity contribution in [3.63, 3.8) is 0 Å². The van der Waals surface area contributed by atoms with Gasteiger partial charge in [0.25, 0.3) is 0 Å². The molecule has 0 bridgehead atoms. The fourth-order valence-corrected chi connectivity index (χ4v) is 1.95. The predicted molar refractivity (Wildman–Crippen MR) is 87.2 cm³/mol. The molecule has 0 aliphatic carbocycles. The van der Waals surface area contributed by atoms with Gasteiger partial charge in [0, 0.05) is 34.0 Å². The molecule has 5 heteroatoms. The topological polar surface area (TPSA) is 59.1 Å². The molecular weight excluding hydrogens is 300 g/mol. The number of carbonyl (C=O) groups excluding carboxylic acids is 2. The molecule has 1 N–H and O–H groups in total. The molecule has 0 saturated heterocycles. The van der Waals surface area contributed by atoms with E-state index >= 15 is 0 Å². The van der Waals surface area contributed by atoms with Crippen LogP contribution in [0, 0.1) is 5.41 Å². The minimum absolute atomic E-state index is 0.168. The number of hydrogen-bond donors (Lipinski definition) is 1. The third-order valence-corrected chi connectivity index (χ3v) is 3.33. The zero-order chi connectivity index (χ0) is 16.3. The van der Waals surface area contributed by atoms with E-state index in [2.05, 4.69) is 10.3 Å². The molecule has 2 rings (SSSR count). The van der Waals surface area contributed by atoms with E-state index in [1.54, 1.807) is 42.7 Å². The summed E-state index contributed by atoms with van der Waals surface area (Å²) in [6.45, 7) is 5.42. The molecule has 22 heavy (non-hydrogen) atoms. The van der Waals surface area contributed by atoms with E-state index in [4.69, 9.17) is 11.6 Å². The van der Waals surface area contributed by atoms with E-state index in [0.717, 1.165) is 0 Å². The molecule has 0 aliphatic heterocycles. The van der Waals surface area contributed by atoms with Gasteiger partial charge in [0.2, 0.25) is 5.91 Å². The Balaban J connectivity index is 2.41. The van der Waals surface area contributed by atoms with Crippen molar-refractivity contribution >= 4 is 29.0 Å². The molecule has 114 valence electrons. The first-order valence-corrected chi connectivity index (χ1v) is 7.22. The quantitative estimate of drug-likeness (QED) is 0.872. The number of benzene rings is 1. The average Bonchev–Trinajstić information content (AvgIpc) is 2.48. The Morgan fingerprint density at radius 1 is 1.09 bits per heavy atom. The zero-order valence-electron chi connectivity index (χ0n) is 12.7. The van der Waals surface area contributed by atoms with Crippen molar-refractivity contribution in [2.45, 2.75) is 20.8 Å².